The first-order chi connectivity index (χ1) is 14.0. The lowest BCUT2D eigenvalue weighted by atomic mass is 9.96. The van der Waals surface area contributed by atoms with E-state index in [1.54, 1.807) is 17.3 Å². The first kappa shape index (κ1) is 21.5. The summed E-state index contributed by atoms with van der Waals surface area (Å²) in [5.41, 5.74) is 2.53. The van der Waals surface area contributed by atoms with Gasteiger partial charge in [-0.15, -0.1) is 0 Å². The number of carbonyl (C=O) groups excluding carboxylic acids is 2. The maximum Gasteiger partial charge on any atom is 0.318 e. The van der Waals surface area contributed by atoms with Crippen LogP contribution in [0.25, 0.3) is 0 Å². The van der Waals surface area contributed by atoms with E-state index in [2.05, 4.69) is 20.0 Å². The van der Waals surface area contributed by atoms with Crippen LogP contribution in [0.3, 0.4) is 0 Å². The molecular weight excluding hydrogens is 415 g/mol. The topological polar surface area (TPSA) is 87.3 Å². The minimum absolute atomic E-state index is 0.173. The van der Waals surface area contributed by atoms with Crippen LogP contribution in [0.15, 0.2) is 24.5 Å². The quantitative estimate of drug-likeness (QED) is 0.502. The van der Waals surface area contributed by atoms with Gasteiger partial charge in [0.25, 0.3) is 0 Å². The molecule has 1 aliphatic heterocycles. The SMILES string of the molecule is COC(=O)CCCCCNC(=O)N1CCc2[nH]cnc2[C@H]1c1cccc(Cl)c1Cl. The number of hydrogen-bond donors (Lipinski definition) is 2. The maximum absolute atomic E-state index is 12.9. The van der Waals surface area contributed by atoms with Crippen LogP contribution in [0.2, 0.25) is 10.0 Å². The fraction of sp³-hybridized carbons (Fsp3) is 0.450. The number of urea groups is 1. The standard InChI is InChI=1S/C20H24Cl2N4O3/c1-29-16(27)8-3-2-4-10-23-20(28)26-11-9-15-18(25-12-24-15)19(26)13-6-5-7-14(21)17(13)22/h5-7,12,19H,2-4,8-11H2,1H3,(H,23,28)(H,24,25)/t19-/m1/s1. The number of amides is 2. The van der Waals surface area contributed by atoms with Crippen LogP contribution in [0.4, 0.5) is 4.79 Å². The van der Waals surface area contributed by atoms with Crippen molar-refractivity contribution < 1.29 is 14.3 Å². The molecule has 1 aromatic heterocycles. The molecule has 0 unspecified atom stereocenters. The van der Waals surface area contributed by atoms with Crippen molar-refractivity contribution in [3.8, 4) is 0 Å². The number of esters is 1. The van der Waals surface area contributed by atoms with E-state index in [9.17, 15) is 9.59 Å². The Kier molecular flexibility index (Phi) is 7.39. The lowest BCUT2D eigenvalue weighted by Crippen LogP contribution is -2.46. The highest BCUT2D eigenvalue weighted by Crippen LogP contribution is 2.39. The van der Waals surface area contributed by atoms with Crippen molar-refractivity contribution in [3.05, 3.63) is 51.5 Å². The number of H-pyrrole nitrogens is 1. The lowest BCUT2D eigenvalue weighted by molar-refractivity contribution is -0.140. The molecule has 1 aromatic carbocycles. The third kappa shape index (κ3) is 5.03. The molecule has 2 N–H and O–H groups in total. The number of hydrogen-bond acceptors (Lipinski definition) is 4. The molecule has 0 aliphatic carbocycles. The highest BCUT2D eigenvalue weighted by Gasteiger charge is 2.35. The number of nitrogens with zero attached hydrogens (tertiary/aromatic N) is 2. The third-order valence-corrected chi connectivity index (χ3v) is 5.86. The van der Waals surface area contributed by atoms with Gasteiger partial charge in [0.2, 0.25) is 0 Å². The number of aromatic amines is 1. The molecule has 0 bridgehead atoms. The predicted octanol–water partition coefficient (Wildman–Crippen LogP) is 4.11. The van der Waals surface area contributed by atoms with Gasteiger partial charge in [0, 0.05) is 37.2 Å². The number of carbonyl (C=O) groups is 2. The number of halogens is 2. The Bertz CT molecular complexity index is 871. The number of imidazole rings is 1. The molecule has 1 aliphatic rings. The second-order valence-electron chi connectivity index (χ2n) is 6.87. The normalized spacial score (nSPS) is 15.7. The Labute approximate surface area is 179 Å². The monoisotopic (exact) mass is 438 g/mol. The van der Waals surface area contributed by atoms with Crippen LogP contribution < -0.4 is 5.32 Å². The Balaban J connectivity index is 1.66. The van der Waals surface area contributed by atoms with Crippen molar-refractivity contribution in [3.63, 3.8) is 0 Å². The molecule has 0 spiro atoms. The fourth-order valence-corrected chi connectivity index (χ4v) is 3.92. The van der Waals surface area contributed by atoms with Gasteiger partial charge in [0.05, 0.1) is 29.2 Å². The van der Waals surface area contributed by atoms with E-state index in [4.69, 9.17) is 23.2 Å². The van der Waals surface area contributed by atoms with E-state index in [1.165, 1.54) is 7.11 Å². The second-order valence-corrected chi connectivity index (χ2v) is 7.66. The number of unbranched alkanes of at least 4 members (excludes halogenated alkanes) is 2. The minimum Gasteiger partial charge on any atom is -0.469 e. The van der Waals surface area contributed by atoms with Crippen molar-refractivity contribution in [2.45, 2.75) is 38.1 Å². The predicted molar refractivity (Wildman–Crippen MR) is 111 cm³/mol. The van der Waals surface area contributed by atoms with Gasteiger partial charge in [-0.2, -0.15) is 0 Å². The molecule has 0 fully saturated rings. The van der Waals surface area contributed by atoms with Gasteiger partial charge in [-0.1, -0.05) is 41.8 Å². The summed E-state index contributed by atoms with van der Waals surface area (Å²) in [6, 6.07) is 4.83. The maximum atomic E-state index is 12.9. The minimum atomic E-state index is -0.407. The Morgan fingerprint density at radius 1 is 1.31 bits per heavy atom. The Morgan fingerprint density at radius 2 is 2.14 bits per heavy atom. The van der Waals surface area contributed by atoms with Gasteiger partial charge in [-0.3, -0.25) is 4.79 Å². The van der Waals surface area contributed by atoms with E-state index >= 15 is 0 Å². The molecular formula is C20H24Cl2N4O3. The van der Waals surface area contributed by atoms with Crippen LogP contribution in [0, 0.1) is 0 Å². The Morgan fingerprint density at radius 3 is 2.93 bits per heavy atom. The number of ether oxygens (including phenoxy) is 1. The fourth-order valence-electron chi connectivity index (χ4n) is 3.51. The molecule has 2 amide bonds. The van der Waals surface area contributed by atoms with E-state index in [0.717, 1.165) is 36.2 Å². The van der Waals surface area contributed by atoms with Crippen LogP contribution in [-0.2, 0) is 16.0 Å². The molecule has 0 radical (unpaired) electrons. The van der Waals surface area contributed by atoms with Crippen molar-refractivity contribution in [2.24, 2.45) is 0 Å². The molecule has 1 atom stereocenters. The summed E-state index contributed by atoms with van der Waals surface area (Å²) in [7, 11) is 1.38. The molecule has 2 aromatic rings. The molecule has 0 saturated heterocycles. The summed E-state index contributed by atoms with van der Waals surface area (Å²) in [6.45, 7) is 1.07. The average molecular weight is 439 g/mol. The van der Waals surface area contributed by atoms with Crippen molar-refractivity contribution in [1.82, 2.24) is 20.2 Å². The van der Waals surface area contributed by atoms with E-state index in [0.29, 0.717) is 36.0 Å². The van der Waals surface area contributed by atoms with Crippen molar-refractivity contribution in [1.29, 1.82) is 0 Å². The average Bonchev–Trinajstić information content (AvgIpc) is 3.20. The van der Waals surface area contributed by atoms with Gasteiger partial charge in [-0.25, -0.2) is 9.78 Å². The highest BCUT2D eigenvalue weighted by atomic mass is 35.5. The largest absolute Gasteiger partial charge is 0.469 e. The molecule has 0 saturated carbocycles. The van der Waals surface area contributed by atoms with E-state index < -0.39 is 6.04 Å². The van der Waals surface area contributed by atoms with Crippen LogP contribution in [0.5, 0.6) is 0 Å². The lowest BCUT2D eigenvalue weighted by Gasteiger charge is -2.35. The smallest absolute Gasteiger partial charge is 0.318 e. The third-order valence-electron chi connectivity index (χ3n) is 5.02. The number of fused-ring (bicyclic) bond motifs is 1. The van der Waals surface area contributed by atoms with Crippen LogP contribution in [-0.4, -0.2) is 47.1 Å². The molecule has 2 heterocycles. The highest BCUT2D eigenvalue weighted by molar-refractivity contribution is 6.42. The summed E-state index contributed by atoms with van der Waals surface area (Å²) in [5, 5.41) is 3.84. The second kappa shape index (κ2) is 9.98. The van der Waals surface area contributed by atoms with Crippen molar-refractivity contribution >= 4 is 35.2 Å². The number of benzene rings is 1. The zero-order valence-corrected chi connectivity index (χ0v) is 17.7. The zero-order chi connectivity index (χ0) is 20.8. The zero-order valence-electron chi connectivity index (χ0n) is 16.2. The van der Waals surface area contributed by atoms with Gasteiger partial charge in [0.15, 0.2) is 0 Å². The number of rotatable bonds is 7. The van der Waals surface area contributed by atoms with Crippen LogP contribution in [0.1, 0.15) is 48.7 Å². The molecule has 3 rings (SSSR count). The first-order valence-corrected chi connectivity index (χ1v) is 10.4. The molecule has 29 heavy (non-hydrogen) atoms. The number of methoxy groups -OCH3 is 1. The van der Waals surface area contributed by atoms with Crippen LogP contribution >= 0.6 is 23.2 Å². The Hall–Kier alpha value is -2.25. The van der Waals surface area contributed by atoms with E-state index in [1.807, 2.05) is 12.1 Å². The summed E-state index contributed by atoms with van der Waals surface area (Å²) in [6.07, 6.45) is 5.09. The van der Waals surface area contributed by atoms with Gasteiger partial charge in [0.1, 0.15) is 6.04 Å². The number of aromatic nitrogens is 2. The van der Waals surface area contributed by atoms with Gasteiger partial charge >= 0.3 is 12.0 Å². The van der Waals surface area contributed by atoms with Crippen molar-refractivity contribution in [2.75, 3.05) is 20.2 Å². The van der Waals surface area contributed by atoms with Gasteiger partial charge in [-0.05, 0) is 18.9 Å². The molecule has 9 heteroatoms. The molecule has 156 valence electrons. The summed E-state index contributed by atoms with van der Waals surface area (Å²) in [5.74, 6) is -0.210. The van der Waals surface area contributed by atoms with Gasteiger partial charge < -0.3 is 19.9 Å². The number of nitrogens with one attached hydrogen (secondary N) is 2. The summed E-state index contributed by atoms with van der Waals surface area (Å²) in [4.78, 5) is 33.4. The molecule has 7 nitrogen and oxygen atoms in total. The van der Waals surface area contributed by atoms with E-state index in [-0.39, 0.29) is 12.0 Å². The summed E-state index contributed by atoms with van der Waals surface area (Å²) >= 11 is 12.7. The summed E-state index contributed by atoms with van der Waals surface area (Å²) < 4.78 is 4.62. The first-order valence-electron chi connectivity index (χ1n) is 9.60.